The summed E-state index contributed by atoms with van der Waals surface area (Å²) in [5.74, 6) is 0. The minimum Gasteiger partial charge on any atom is -0.310 e. The topological polar surface area (TPSA) is 12.0 Å². The maximum atomic E-state index is 3.54. The molecular formula is C14H15N. The van der Waals surface area contributed by atoms with Gasteiger partial charge in [0.2, 0.25) is 0 Å². The fraction of sp³-hybridized carbons (Fsp3) is 0.286. The van der Waals surface area contributed by atoms with Gasteiger partial charge in [-0.3, -0.25) is 0 Å². The number of hydrogen-bond acceptors (Lipinski definition) is 1. The summed E-state index contributed by atoms with van der Waals surface area (Å²) >= 11 is 0. The monoisotopic (exact) mass is 197 g/mol. The van der Waals surface area contributed by atoms with E-state index in [2.05, 4.69) is 47.8 Å². The van der Waals surface area contributed by atoms with E-state index in [1.807, 2.05) is 0 Å². The highest BCUT2D eigenvalue weighted by molar-refractivity contribution is 5.83. The summed E-state index contributed by atoms with van der Waals surface area (Å²) in [4.78, 5) is 0. The Morgan fingerprint density at radius 1 is 1.00 bits per heavy atom. The Labute approximate surface area is 90.1 Å². The molecule has 0 spiro atoms. The molecule has 0 unspecified atom stereocenters. The smallest absolute Gasteiger partial charge is 0.0320 e. The van der Waals surface area contributed by atoms with E-state index in [1.165, 1.54) is 29.2 Å². The third-order valence-corrected chi connectivity index (χ3v) is 3.24. The molecule has 1 aliphatic heterocycles. The highest BCUT2D eigenvalue weighted by Gasteiger charge is 2.15. The SMILES string of the molecule is c1ccc2cc([C@H]3CCCN3)ccc2c1. The quantitative estimate of drug-likeness (QED) is 0.740. The van der Waals surface area contributed by atoms with Crippen LogP contribution in [0.3, 0.4) is 0 Å². The van der Waals surface area contributed by atoms with E-state index in [9.17, 15) is 0 Å². The van der Waals surface area contributed by atoms with Crippen LogP contribution in [0.15, 0.2) is 42.5 Å². The summed E-state index contributed by atoms with van der Waals surface area (Å²) < 4.78 is 0. The van der Waals surface area contributed by atoms with Crippen molar-refractivity contribution in [2.75, 3.05) is 6.54 Å². The lowest BCUT2D eigenvalue weighted by atomic mass is 10.0. The van der Waals surface area contributed by atoms with E-state index in [0.29, 0.717) is 6.04 Å². The first-order chi connectivity index (χ1) is 7.43. The van der Waals surface area contributed by atoms with Gasteiger partial charge in [-0.05, 0) is 41.8 Å². The molecule has 1 nitrogen and oxygen atoms in total. The predicted octanol–water partition coefficient (Wildman–Crippen LogP) is 3.26. The van der Waals surface area contributed by atoms with Crippen molar-refractivity contribution in [2.45, 2.75) is 18.9 Å². The largest absolute Gasteiger partial charge is 0.310 e. The number of hydrogen-bond donors (Lipinski definition) is 1. The van der Waals surface area contributed by atoms with Crippen molar-refractivity contribution < 1.29 is 0 Å². The fourth-order valence-corrected chi connectivity index (χ4v) is 2.39. The molecule has 1 fully saturated rings. The van der Waals surface area contributed by atoms with Gasteiger partial charge in [-0.25, -0.2) is 0 Å². The molecular weight excluding hydrogens is 182 g/mol. The van der Waals surface area contributed by atoms with Crippen molar-refractivity contribution in [3.63, 3.8) is 0 Å². The zero-order valence-corrected chi connectivity index (χ0v) is 8.74. The van der Waals surface area contributed by atoms with Crippen molar-refractivity contribution in [1.82, 2.24) is 5.32 Å². The second-order valence-corrected chi connectivity index (χ2v) is 4.26. The second kappa shape index (κ2) is 3.67. The molecule has 0 aromatic heterocycles. The molecule has 1 atom stereocenters. The summed E-state index contributed by atoms with van der Waals surface area (Å²) in [7, 11) is 0. The summed E-state index contributed by atoms with van der Waals surface area (Å²) in [6.45, 7) is 1.16. The molecule has 76 valence electrons. The zero-order chi connectivity index (χ0) is 10.1. The van der Waals surface area contributed by atoms with E-state index in [4.69, 9.17) is 0 Å². The minimum atomic E-state index is 0.578. The highest BCUT2D eigenvalue weighted by Crippen LogP contribution is 2.25. The fourth-order valence-electron chi connectivity index (χ4n) is 2.39. The molecule has 1 N–H and O–H groups in total. The highest BCUT2D eigenvalue weighted by atomic mass is 14.9. The normalized spacial score (nSPS) is 20.9. The summed E-state index contributed by atoms with van der Waals surface area (Å²) in [6.07, 6.45) is 2.58. The van der Waals surface area contributed by atoms with E-state index < -0.39 is 0 Å². The minimum absolute atomic E-state index is 0.578. The van der Waals surface area contributed by atoms with Crippen molar-refractivity contribution in [1.29, 1.82) is 0 Å². The molecule has 0 saturated carbocycles. The molecule has 2 aromatic carbocycles. The van der Waals surface area contributed by atoms with Crippen LogP contribution in [0.25, 0.3) is 10.8 Å². The van der Waals surface area contributed by atoms with Gasteiger partial charge in [-0.2, -0.15) is 0 Å². The van der Waals surface area contributed by atoms with Gasteiger partial charge in [0.25, 0.3) is 0 Å². The van der Waals surface area contributed by atoms with Crippen LogP contribution in [-0.2, 0) is 0 Å². The van der Waals surface area contributed by atoms with Gasteiger partial charge in [0.1, 0.15) is 0 Å². The molecule has 1 aliphatic rings. The van der Waals surface area contributed by atoms with E-state index >= 15 is 0 Å². The Balaban J connectivity index is 2.05. The first-order valence-electron chi connectivity index (χ1n) is 5.65. The van der Waals surface area contributed by atoms with Gasteiger partial charge in [-0.15, -0.1) is 0 Å². The average molecular weight is 197 g/mol. The van der Waals surface area contributed by atoms with Crippen molar-refractivity contribution in [2.24, 2.45) is 0 Å². The Morgan fingerprint density at radius 3 is 2.67 bits per heavy atom. The van der Waals surface area contributed by atoms with Gasteiger partial charge in [0.15, 0.2) is 0 Å². The summed E-state index contributed by atoms with van der Waals surface area (Å²) in [5.41, 5.74) is 1.44. The molecule has 1 saturated heterocycles. The molecule has 1 heterocycles. The van der Waals surface area contributed by atoms with Gasteiger partial charge in [0.05, 0.1) is 0 Å². The van der Waals surface area contributed by atoms with Crippen molar-refractivity contribution in [3.8, 4) is 0 Å². The molecule has 0 radical (unpaired) electrons. The zero-order valence-electron chi connectivity index (χ0n) is 8.74. The van der Waals surface area contributed by atoms with Crippen LogP contribution in [0.5, 0.6) is 0 Å². The van der Waals surface area contributed by atoms with Crippen LogP contribution in [0.4, 0.5) is 0 Å². The number of rotatable bonds is 1. The maximum Gasteiger partial charge on any atom is 0.0320 e. The second-order valence-electron chi connectivity index (χ2n) is 4.26. The standard InChI is InChI=1S/C14H15N/c1-2-5-12-10-13(8-7-11(12)4-1)14-6-3-9-15-14/h1-2,4-5,7-8,10,14-15H,3,6,9H2/t14-/m1/s1. The number of fused-ring (bicyclic) bond motifs is 1. The van der Waals surface area contributed by atoms with Gasteiger partial charge < -0.3 is 5.32 Å². The predicted molar refractivity (Wildman–Crippen MR) is 63.9 cm³/mol. The molecule has 0 amide bonds. The van der Waals surface area contributed by atoms with Crippen LogP contribution in [0.2, 0.25) is 0 Å². The van der Waals surface area contributed by atoms with Crippen molar-refractivity contribution in [3.05, 3.63) is 48.0 Å². The number of benzene rings is 2. The van der Waals surface area contributed by atoms with E-state index in [1.54, 1.807) is 0 Å². The Morgan fingerprint density at radius 2 is 1.87 bits per heavy atom. The van der Waals surface area contributed by atoms with Gasteiger partial charge >= 0.3 is 0 Å². The molecule has 1 heteroatoms. The Bertz CT molecular complexity index is 469. The molecule has 0 aliphatic carbocycles. The first kappa shape index (κ1) is 8.93. The van der Waals surface area contributed by atoms with Crippen molar-refractivity contribution >= 4 is 10.8 Å². The molecule has 3 rings (SSSR count). The van der Waals surface area contributed by atoms with Crippen LogP contribution in [0, 0.1) is 0 Å². The van der Waals surface area contributed by atoms with Crippen LogP contribution in [-0.4, -0.2) is 6.54 Å². The third kappa shape index (κ3) is 1.64. The third-order valence-electron chi connectivity index (χ3n) is 3.24. The van der Waals surface area contributed by atoms with E-state index in [-0.39, 0.29) is 0 Å². The van der Waals surface area contributed by atoms with Gasteiger partial charge in [-0.1, -0.05) is 36.4 Å². The van der Waals surface area contributed by atoms with E-state index in [0.717, 1.165) is 6.54 Å². The molecule has 15 heavy (non-hydrogen) atoms. The van der Waals surface area contributed by atoms with Crippen LogP contribution in [0.1, 0.15) is 24.4 Å². The lowest BCUT2D eigenvalue weighted by Crippen LogP contribution is -2.12. The first-order valence-corrected chi connectivity index (χ1v) is 5.65. The lowest BCUT2D eigenvalue weighted by Gasteiger charge is -2.11. The molecule has 2 aromatic rings. The average Bonchev–Trinajstić information content (AvgIpc) is 2.82. The molecule has 0 bridgehead atoms. The summed E-state index contributed by atoms with van der Waals surface area (Å²) in [6, 6.07) is 15.9. The Hall–Kier alpha value is -1.34. The van der Waals surface area contributed by atoms with Crippen LogP contribution < -0.4 is 5.32 Å². The number of nitrogens with one attached hydrogen (secondary N) is 1. The maximum absolute atomic E-state index is 3.54. The summed E-state index contributed by atoms with van der Waals surface area (Å²) in [5, 5.41) is 6.22. The lowest BCUT2D eigenvalue weighted by molar-refractivity contribution is 0.648. The van der Waals surface area contributed by atoms with Gasteiger partial charge in [0, 0.05) is 6.04 Å². The Kier molecular flexibility index (Phi) is 2.18. The van der Waals surface area contributed by atoms with Crippen LogP contribution >= 0.6 is 0 Å².